The SMILES string of the molecule is CC1(C)CB(/C(C=N)=C/N)OC1(C)C. The Morgan fingerprint density at radius 3 is 2.29 bits per heavy atom. The molecule has 0 atom stereocenters. The maximum atomic E-state index is 7.23. The predicted octanol–water partition coefficient (Wildman–Crippen LogP) is 1.84. The fourth-order valence-electron chi connectivity index (χ4n) is 1.70. The van der Waals surface area contributed by atoms with Gasteiger partial charge >= 0.3 is 6.92 Å². The molecule has 1 rings (SSSR count). The largest absolute Gasteiger partial charge is 0.425 e. The van der Waals surface area contributed by atoms with E-state index in [2.05, 4.69) is 27.7 Å². The second-order valence-electron chi connectivity index (χ2n) is 5.02. The molecule has 3 nitrogen and oxygen atoms in total. The first-order valence-corrected chi connectivity index (χ1v) is 4.94. The first kappa shape index (κ1) is 11.3. The van der Waals surface area contributed by atoms with Gasteiger partial charge in [-0.2, -0.15) is 0 Å². The Morgan fingerprint density at radius 1 is 1.43 bits per heavy atom. The van der Waals surface area contributed by atoms with Crippen molar-refractivity contribution in [3.63, 3.8) is 0 Å². The van der Waals surface area contributed by atoms with Crippen LogP contribution in [-0.4, -0.2) is 18.7 Å². The Kier molecular flexibility index (Phi) is 2.77. The number of nitrogens with two attached hydrogens (primary N) is 1. The van der Waals surface area contributed by atoms with Crippen LogP contribution in [0.3, 0.4) is 0 Å². The Hall–Kier alpha value is -0.765. The van der Waals surface area contributed by atoms with E-state index in [1.165, 1.54) is 12.4 Å². The zero-order valence-corrected chi connectivity index (χ0v) is 9.42. The van der Waals surface area contributed by atoms with Crippen LogP contribution in [0.4, 0.5) is 0 Å². The molecule has 0 aromatic rings. The molecular weight excluding hydrogens is 175 g/mol. The number of hydrogen-bond donors (Lipinski definition) is 2. The maximum Gasteiger partial charge on any atom is 0.330 e. The van der Waals surface area contributed by atoms with Crippen LogP contribution in [0.2, 0.25) is 6.32 Å². The molecule has 0 spiro atoms. The molecule has 14 heavy (non-hydrogen) atoms. The van der Waals surface area contributed by atoms with Crippen molar-refractivity contribution < 1.29 is 4.65 Å². The molecule has 1 aliphatic heterocycles. The molecule has 1 fully saturated rings. The van der Waals surface area contributed by atoms with Crippen LogP contribution in [0.5, 0.6) is 0 Å². The van der Waals surface area contributed by atoms with E-state index in [1.807, 2.05) is 0 Å². The first-order valence-electron chi connectivity index (χ1n) is 4.94. The highest BCUT2D eigenvalue weighted by molar-refractivity contribution is 6.66. The topological polar surface area (TPSA) is 59.1 Å². The third-order valence-electron chi connectivity index (χ3n) is 3.49. The zero-order chi connectivity index (χ0) is 11.0. The molecule has 0 radical (unpaired) electrons. The van der Waals surface area contributed by atoms with Gasteiger partial charge in [-0.15, -0.1) is 0 Å². The first-order chi connectivity index (χ1) is 6.34. The molecule has 0 aromatic carbocycles. The summed E-state index contributed by atoms with van der Waals surface area (Å²) in [6, 6.07) is 0. The van der Waals surface area contributed by atoms with Gasteiger partial charge in [-0.05, 0) is 37.3 Å². The summed E-state index contributed by atoms with van der Waals surface area (Å²) in [5.74, 6) is 0. The lowest BCUT2D eigenvalue weighted by molar-refractivity contribution is 0.0372. The van der Waals surface area contributed by atoms with E-state index >= 15 is 0 Å². The van der Waals surface area contributed by atoms with Crippen molar-refractivity contribution in [3.8, 4) is 0 Å². The molecule has 0 aromatic heterocycles. The van der Waals surface area contributed by atoms with Gasteiger partial charge in [0, 0.05) is 6.21 Å². The summed E-state index contributed by atoms with van der Waals surface area (Å²) in [7, 11) is 0. The number of rotatable bonds is 2. The standard InChI is InChI=1S/C10H19BN2O/c1-9(2)7-11(8(5-12)6-13)14-10(9,3)4/h5-6,12H,7,13H2,1-4H3/b8-6+,12-5?. The van der Waals surface area contributed by atoms with E-state index in [0.717, 1.165) is 11.8 Å². The minimum atomic E-state index is -0.158. The smallest absolute Gasteiger partial charge is 0.330 e. The summed E-state index contributed by atoms with van der Waals surface area (Å²) in [6.45, 7) is 8.52. The lowest BCUT2D eigenvalue weighted by Gasteiger charge is -2.34. The molecule has 0 aliphatic carbocycles. The van der Waals surface area contributed by atoms with Gasteiger partial charge in [-0.1, -0.05) is 13.8 Å². The van der Waals surface area contributed by atoms with Crippen LogP contribution >= 0.6 is 0 Å². The molecule has 0 amide bonds. The summed E-state index contributed by atoms with van der Waals surface area (Å²) in [6.07, 6.45) is 3.66. The van der Waals surface area contributed by atoms with Gasteiger partial charge in [0.1, 0.15) is 0 Å². The molecule has 1 heterocycles. The second-order valence-corrected chi connectivity index (χ2v) is 5.02. The minimum Gasteiger partial charge on any atom is -0.425 e. The Morgan fingerprint density at radius 2 is 2.00 bits per heavy atom. The number of nitrogens with one attached hydrogen (secondary N) is 1. The van der Waals surface area contributed by atoms with Gasteiger partial charge in [0.15, 0.2) is 0 Å². The van der Waals surface area contributed by atoms with Crippen molar-refractivity contribution >= 4 is 13.1 Å². The van der Waals surface area contributed by atoms with Crippen LogP contribution in [0.25, 0.3) is 0 Å². The molecule has 0 bridgehead atoms. The summed E-state index contributed by atoms with van der Waals surface area (Å²) in [4.78, 5) is 0. The quantitative estimate of drug-likeness (QED) is 0.520. The van der Waals surface area contributed by atoms with Crippen molar-refractivity contribution in [2.75, 3.05) is 0 Å². The van der Waals surface area contributed by atoms with Crippen LogP contribution < -0.4 is 5.73 Å². The van der Waals surface area contributed by atoms with E-state index in [4.69, 9.17) is 15.8 Å². The van der Waals surface area contributed by atoms with Gasteiger partial charge in [-0.25, -0.2) is 0 Å². The van der Waals surface area contributed by atoms with Crippen molar-refractivity contribution in [1.29, 1.82) is 5.41 Å². The van der Waals surface area contributed by atoms with Crippen molar-refractivity contribution in [2.24, 2.45) is 11.1 Å². The Bertz CT molecular complexity index is 255. The summed E-state index contributed by atoms with van der Waals surface area (Å²) < 4.78 is 5.91. The van der Waals surface area contributed by atoms with Gasteiger partial charge in [0.25, 0.3) is 0 Å². The Balaban J connectivity index is 2.88. The van der Waals surface area contributed by atoms with Gasteiger partial charge in [-0.3, -0.25) is 0 Å². The second kappa shape index (κ2) is 3.42. The lowest BCUT2D eigenvalue weighted by Crippen LogP contribution is -2.34. The van der Waals surface area contributed by atoms with Crippen LogP contribution in [-0.2, 0) is 4.65 Å². The summed E-state index contributed by atoms with van der Waals surface area (Å²) in [5, 5.41) is 7.23. The van der Waals surface area contributed by atoms with E-state index in [-0.39, 0.29) is 17.9 Å². The maximum absolute atomic E-state index is 7.23. The zero-order valence-electron chi connectivity index (χ0n) is 9.42. The van der Waals surface area contributed by atoms with E-state index < -0.39 is 0 Å². The number of hydrogen-bond acceptors (Lipinski definition) is 3. The normalized spacial score (nSPS) is 25.1. The molecule has 0 unspecified atom stereocenters. The van der Waals surface area contributed by atoms with E-state index in [1.54, 1.807) is 0 Å². The Labute approximate surface area is 86.3 Å². The van der Waals surface area contributed by atoms with Crippen molar-refractivity contribution in [2.45, 2.75) is 39.6 Å². The minimum absolute atomic E-state index is 0.0255. The average Bonchev–Trinajstić information content (AvgIpc) is 2.23. The molecule has 4 heteroatoms. The highest BCUT2D eigenvalue weighted by Gasteiger charge is 2.50. The van der Waals surface area contributed by atoms with Gasteiger partial charge in [0.2, 0.25) is 0 Å². The van der Waals surface area contributed by atoms with Crippen LogP contribution in [0.1, 0.15) is 27.7 Å². The molecule has 0 saturated carbocycles. The van der Waals surface area contributed by atoms with Gasteiger partial charge in [0.05, 0.1) is 5.60 Å². The van der Waals surface area contributed by atoms with E-state index in [0.29, 0.717) is 0 Å². The summed E-state index contributed by atoms with van der Waals surface area (Å²) in [5.41, 5.74) is 6.18. The molecule has 1 saturated heterocycles. The molecular formula is C10H19BN2O. The van der Waals surface area contributed by atoms with E-state index in [9.17, 15) is 0 Å². The van der Waals surface area contributed by atoms with Crippen molar-refractivity contribution in [3.05, 3.63) is 11.7 Å². The van der Waals surface area contributed by atoms with Crippen LogP contribution in [0, 0.1) is 10.8 Å². The molecule has 1 aliphatic rings. The monoisotopic (exact) mass is 194 g/mol. The summed E-state index contributed by atoms with van der Waals surface area (Å²) >= 11 is 0. The third kappa shape index (κ3) is 1.71. The number of allylic oxidation sites excluding steroid dienone is 1. The van der Waals surface area contributed by atoms with Gasteiger partial charge < -0.3 is 15.8 Å². The lowest BCUT2D eigenvalue weighted by atomic mass is 9.54. The highest BCUT2D eigenvalue weighted by atomic mass is 16.5. The predicted molar refractivity (Wildman–Crippen MR) is 60.6 cm³/mol. The van der Waals surface area contributed by atoms with Crippen molar-refractivity contribution in [1.82, 2.24) is 0 Å². The molecule has 78 valence electrons. The fourth-order valence-corrected chi connectivity index (χ4v) is 1.70. The highest BCUT2D eigenvalue weighted by Crippen LogP contribution is 2.46. The molecule has 3 N–H and O–H groups in total. The average molecular weight is 194 g/mol. The van der Waals surface area contributed by atoms with Crippen LogP contribution in [0.15, 0.2) is 11.7 Å². The third-order valence-corrected chi connectivity index (χ3v) is 3.49. The fraction of sp³-hybridized carbons (Fsp3) is 0.700.